The van der Waals surface area contributed by atoms with Gasteiger partial charge in [-0.2, -0.15) is 0 Å². The summed E-state index contributed by atoms with van der Waals surface area (Å²) in [6, 6.07) is 0. The van der Waals surface area contributed by atoms with Crippen molar-refractivity contribution in [2.45, 2.75) is 19.3 Å². The van der Waals surface area contributed by atoms with E-state index in [0.717, 1.165) is 18.4 Å². The minimum absolute atomic E-state index is 0.829. The molecule has 1 aliphatic carbocycles. The lowest BCUT2D eigenvalue weighted by atomic mass is 10.0. The zero-order chi connectivity index (χ0) is 5.40. The first-order valence-corrected chi connectivity index (χ1v) is 3.42. The molecule has 2 atom stereocenters. The summed E-state index contributed by atoms with van der Waals surface area (Å²) in [5.74, 6) is 1.73. The standard InChI is InChI=1S/C7H11O/c1-2-6-4-8-5-7(6)3-1/h4,6-7H,1-3,5H2. The summed E-state index contributed by atoms with van der Waals surface area (Å²) in [6.07, 6.45) is 4.21. The van der Waals surface area contributed by atoms with E-state index in [4.69, 9.17) is 4.74 Å². The summed E-state index contributed by atoms with van der Waals surface area (Å²) < 4.78 is 5.19. The predicted molar refractivity (Wildman–Crippen MR) is 31.1 cm³/mol. The van der Waals surface area contributed by atoms with Gasteiger partial charge in [0.15, 0.2) is 0 Å². The molecule has 1 heterocycles. The summed E-state index contributed by atoms with van der Waals surface area (Å²) in [5, 5.41) is 0. The Morgan fingerprint density at radius 3 is 3.25 bits per heavy atom. The van der Waals surface area contributed by atoms with Crippen LogP contribution in [0.5, 0.6) is 0 Å². The van der Waals surface area contributed by atoms with Crippen molar-refractivity contribution in [3.63, 3.8) is 0 Å². The van der Waals surface area contributed by atoms with E-state index in [0.29, 0.717) is 0 Å². The van der Waals surface area contributed by atoms with E-state index in [2.05, 4.69) is 0 Å². The Kier molecular flexibility index (Phi) is 1.04. The highest BCUT2D eigenvalue weighted by Crippen LogP contribution is 2.38. The van der Waals surface area contributed by atoms with Gasteiger partial charge in [0.2, 0.25) is 0 Å². The van der Waals surface area contributed by atoms with Gasteiger partial charge in [0.25, 0.3) is 0 Å². The highest BCUT2D eigenvalue weighted by atomic mass is 16.5. The molecule has 0 aromatic heterocycles. The van der Waals surface area contributed by atoms with Gasteiger partial charge in [-0.3, -0.25) is 0 Å². The molecule has 8 heavy (non-hydrogen) atoms. The third kappa shape index (κ3) is 0.576. The fraction of sp³-hybridized carbons (Fsp3) is 0.857. The first-order valence-electron chi connectivity index (χ1n) is 3.42. The molecule has 1 nitrogen and oxygen atoms in total. The molecule has 0 aromatic rings. The first kappa shape index (κ1) is 4.80. The zero-order valence-corrected chi connectivity index (χ0v) is 4.97. The van der Waals surface area contributed by atoms with E-state index in [1.54, 1.807) is 0 Å². The van der Waals surface area contributed by atoms with Crippen LogP contribution >= 0.6 is 0 Å². The Morgan fingerprint density at radius 2 is 2.38 bits per heavy atom. The van der Waals surface area contributed by atoms with Gasteiger partial charge in [-0.1, -0.05) is 6.42 Å². The fourth-order valence-corrected chi connectivity index (χ4v) is 1.75. The number of hydrogen-bond acceptors (Lipinski definition) is 1. The normalized spacial score (nSPS) is 45.0. The van der Waals surface area contributed by atoms with E-state index >= 15 is 0 Å². The summed E-state index contributed by atoms with van der Waals surface area (Å²) >= 11 is 0. The van der Waals surface area contributed by atoms with Crippen LogP contribution in [0.1, 0.15) is 19.3 Å². The van der Waals surface area contributed by atoms with Crippen LogP contribution in [0.4, 0.5) is 0 Å². The summed E-state index contributed by atoms with van der Waals surface area (Å²) in [5.41, 5.74) is 0. The van der Waals surface area contributed by atoms with Crippen LogP contribution < -0.4 is 0 Å². The molecule has 2 fully saturated rings. The topological polar surface area (TPSA) is 9.23 Å². The molecule has 0 N–H and O–H groups in total. The molecule has 2 unspecified atom stereocenters. The van der Waals surface area contributed by atoms with Crippen molar-refractivity contribution < 1.29 is 4.74 Å². The second-order valence-electron chi connectivity index (χ2n) is 2.82. The molecule has 2 aliphatic rings. The minimum atomic E-state index is 0.829. The molecule has 1 saturated carbocycles. The number of ether oxygens (including phenoxy) is 1. The van der Waals surface area contributed by atoms with Gasteiger partial charge < -0.3 is 4.74 Å². The maximum Gasteiger partial charge on any atom is 0.0871 e. The number of fused-ring (bicyclic) bond motifs is 1. The minimum Gasteiger partial charge on any atom is -0.375 e. The quantitative estimate of drug-likeness (QED) is 0.461. The Morgan fingerprint density at radius 1 is 1.38 bits per heavy atom. The average Bonchev–Trinajstić information content (AvgIpc) is 2.15. The van der Waals surface area contributed by atoms with Crippen LogP contribution in [0, 0.1) is 18.4 Å². The van der Waals surface area contributed by atoms with Crippen molar-refractivity contribution in [3.05, 3.63) is 6.61 Å². The highest BCUT2D eigenvalue weighted by Gasteiger charge is 2.32. The largest absolute Gasteiger partial charge is 0.375 e. The van der Waals surface area contributed by atoms with Gasteiger partial charge in [0.05, 0.1) is 13.2 Å². The molecule has 1 heteroatoms. The molecule has 1 saturated heterocycles. The van der Waals surface area contributed by atoms with Crippen LogP contribution in [0.25, 0.3) is 0 Å². The molecule has 0 aromatic carbocycles. The zero-order valence-electron chi connectivity index (χ0n) is 4.97. The predicted octanol–water partition coefficient (Wildman–Crippen LogP) is 1.59. The lowest BCUT2D eigenvalue weighted by Gasteiger charge is -2.00. The van der Waals surface area contributed by atoms with E-state index in [-0.39, 0.29) is 0 Å². The van der Waals surface area contributed by atoms with Gasteiger partial charge in [-0.25, -0.2) is 0 Å². The average molecular weight is 111 g/mol. The van der Waals surface area contributed by atoms with E-state index < -0.39 is 0 Å². The number of rotatable bonds is 0. The van der Waals surface area contributed by atoms with Crippen molar-refractivity contribution in [1.82, 2.24) is 0 Å². The summed E-state index contributed by atoms with van der Waals surface area (Å²) in [4.78, 5) is 0. The maximum absolute atomic E-state index is 5.19. The van der Waals surface area contributed by atoms with Crippen molar-refractivity contribution in [2.75, 3.05) is 6.61 Å². The summed E-state index contributed by atoms with van der Waals surface area (Å²) in [6.45, 7) is 3.04. The smallest absolute Gasteiger partial charge is 0.0871 e. The van der Waals surface area contributed by atoms with Crippen molar-refractivity contribution in [1.29, 1.82) is 0 Å². The van der Waals surface area contributed by atoms with Crippen LogP contribution in [0.3, 0.4) is 0 Å². The Bertz CT molecular complexity index is 70.4. The Balaban J connectivity index is 2.04. The van der Waals surface area contributed by atoms with Crippen LogP contribution in [0.2, 0.25) is 0 Å². The monoisotopic (exact) mass is 111 g/mol. The lowest BCUT2D eigenvalue weighted by Crippen LogP contribution is -2.00. The third-order valence-corrected chi connectivity index (χ3v) is 2.30. The molecule has 2 rings (SSSR count). The van der Waals surface area contributed by atoms with Gasteiger partial charge >= 0.3 is 0 Å². The third-order valence-electron chi connectivity index (χ3n) is 2.30. The van der Waals surface area contributed by atoms with Crippen molar-refractivity contribution in [2.24, 2.45) is 11.8 Å². The fourth-order valence-electron chi connectivity index (χ4n) is 1.75. The molecule has 0 bridgehead atoms. The lowest BCUT2D eigenvalue weighted by molar-refractivity contribution is 0.227. The second-order valence-corrected chi connectivity index (χ2v) is 2.82. The highest BCUT2D eigenvalue weighted by molar-refractivity contribution is 4.87. The van der Waals surface area contributed by atoms with E-state index in [1.165, 1.54) is 19.3 Å². The van der Waals surface area contributed by atoms with Crippen molar-refractivity contribution >= 4 is 0 Å². The number of hydrogen-bond donors (Lipinski definition) is 0. The molecular weight excluding hydrogens is 100 g/mol. The van der Waals surface area contributed by atoms with Gasteiger partial charge in [-0.15, -0.1) is 0 Å². The molecule has 45 valence electrons. The Labute approximate surface area is 50.0 Å². The first-order chi connectivity index (χ1) is 3.97. The maximum atomic E-state index is 5.19. The van der Waals surface area contributed by atoms with Gasteiger partial charge in [0, 0.05) is 0 Å². The summed E-state index contributed by atoms with van der Waals surface area (Å²) in [7, 11) is 0. The van der Waals surface area contributed by atoms with Crippen LogP contribution in [0.15, 0.2) is 0 Å². The molecule has 0 amide bonds. The molecular formula is C7H11O. The van der Waals surface area contributed by atoms with E-state index in [9.17, 15) is 0 Å². The SMILES string of the molecule is [CH]1OCC2CCCC12. The molecule has 1 radical (unpaired) electrons. The van der Waals surface area contributed by atoms with Gasteiger partial charge in [0.1, 0.15) is 0 Å². The van der Waals surface area contributed by atoms with Crippen LogP contribution in [-0.4, -0.2) is 6.61 Å². The second kappa shape index (κ2) is 1.73. The van der Waals surface area contributed by atoms with Crippen LogP contribution in [-0.2, 0) is 4.74 Å². The van der Waals surface area contributed by atoms with E-state index in [1.807, 2.05) is 6.61 Å². The molecule has 0 spiro atoms. The van der Waals surface area contributed by atoms with Crippen molar-refractivity contribution in [3.8, 4) is 0 Å². The molecule has 1 aliphatic heterocycles. The Hall–Kier alpha value is -0.0400. The van der Waals surface area contributed by atoms with Gasteiger partial charge in [-0.05, 0) is 24.7 Å².